The van der Waals surface area contributed by atoms with Crippen LogP contribution in [-0.2, 0) is 6.42 Å². The first kappa shape index (κ1) is 15.7. The first-order valence-corrected chi connectivity index (χ1v) is 8.41. The first-order valence-electron chi connectivity index (χ1n) is 8.41. The van der Waals surface area contributed by atoms with E-state index in [0.717, 1.165) is 12.0 Å². The van der Waals surface area contributed by atoms with Gasteiger partial charge in [0.2, 0.25) is 0 Å². The van der Waals surface area contributed by atoms with Crippen molar-refractivity contribution in [1.82, 2.24) is 0 Å². The van der Waals surface area contributed by atoms with Crippen LogP contribution in [0.3, 0.4) is 0 Å². The molecule has 0 fully saturated rings. The Bertz CT molecular complexity index is 1150. The summed E-state index contributed by atoms with van der Waals surface area (Å²) in [5.41, 5.74) is 1.98. The fourth-order valence-corrected chi connectivity index (χ4v) is 3.37. The van der Waals surface area contributed by atoms with E-state index in [9.17, 15) is 9.59 Å². The molecule has 1 aliphatic heterocycles. The molecular weight excluding hydrogens is 320 g/mol. The van der Waals surface area contributed by atoms with Gasteiger partial charge in [0, 0.05) is 11.6 Å². The SMILES string of the molecule is CCCc1cc(=O)oc2c1c1c(c3occ(C)c(=O)c32)C=CC(C)O1. The highest BCUT2D eigenvalue weighted by molar-refractivity contribution is 6.10. The van der Waals surface area contributed by atoms with Crippen molar-refractivity contribution in [1.29, 1.82) is 0 Å². The highest BCUT2D eigenvalue weighted by atomic mass is 16.5. The van der Waals surface area contributed by atoms with E-state index in [1.165, 1.54) is 12.3 Å². The topological polar surface area (TPSA) is 69.7 Å². The minimum Gasteiger partial charge on any atom is -0.485 e. The van der Waals surface area contributed by atoms with Crippen LogP contribution in [0.15, 0.2) is 36.8 Å². The second-order valence-electron chi connectivity index (χ2n) is 6.42. The molecule has 1 atom stereocenters. The van der Waals surface area contributed by atoms with Crippen molar-refractivity contribution in [2.75, 3.05) is 0 Å². The summed E-state index contributed by atoms with van der Waals surface area (Å²) in [6.45, 7) is 5.65. The second kappa shape index (κ2) is 5.62. The summed E-state index contributed by atoms with van der Waals surface area (Å²) in [5, 5.41) is 0.990. The van der Waals surface area contributed by atoms with Gasteiger partial charge in [-0.25, -0.2) is 4.79 Å². The molecule has 0 aliphatic carbocycles. The van der Waals surface area contributed by atoms with Gasteiger partial charge in [-0.1, -0.05) is 13.3 Å². The zero-order valence-corrected chi connectivity index (χ0v) is 14.3. The number of fused-ring (bicyclic) bond motifs is 6. The van der Waals surface area contributed by atoms with E-state index in [1.54, 1.807) is 6.92 Å². The normalized spacial score (nSPS) is 16.2. The fourth-order valence-electron chi connectivity index (χ4n) is 3.37. The predicted octanol–water partition coefficient (Wildman–Crippen LogP) is 3.95. The molecule has 0 saturated heterocycles. The molecule has 1 aromatic carbocycles. The largest absolute Gasteiger partial charge is 0.485 e. The lowest BCUT2D eigenvalue weighted by molar-refractivity contribution is 0.269. The van der Waals surface area contributed by atoms with Crippen LogP contribution >= 0.6 is 0 Å². The Hall–Kier alpha value is -2.82. The van der Waals surface area contributed by atoms with Gasteiger partial charge in [0.25, 0.3) is 0 Å². The van der Waals surface area contributed by atoms with Gasteiger partial charge in [0.05, 0.1) is 17.2 Å². The molecule has 0 spiro atoms. The van der Waals surface area contributed by atoms with Crippen molar-refractivity contribution < 1.29 is 13.6 Å². The molecule has 2 aromatic heterocycles. The molecule has 0 N–H and O–H groups in total. The van der Waals surface area contributed by atoms with Crippen molar-refractivity contribution in [2.45, 2.75) is 39.7 Å². The summed E-state index contributed by atoms with van der Waals surface area (Å²) in [6.07, 6.45) is 6.68. The van der Waals surface area contributed by atoms with E-state index in [2.05, 4.69) is 0 Å². The van der Waals surface area contributed by atoms with E-state index in [0.29, 0.717) is 39.7 Å². The van der Waals surface area contributed by atoms with Crippen molar-refractivity contribution in [3.63, 3.8) is 0 Å². The number of hydrogen-bond acceptors (Lipinski definition) is 5. The van der Waals surface area contributed by atoms with Gasteiger partial charge in [-0.2, -0.15) is 0 Å². The molecule has 5 heteroatoms. The third-order valence-corrected chi connectivity index (χ3v) is 4.51. The van der Waals surface area contributed by atoms with Gasteiger partial charge in [-0.15, -0.1) is 0 Å². The molecule has 4 rings (SSSR count). The van der Waals surface area contributed by atoms with Crippen LogP contribution in [0.5, 0.6) is 5.75 Å². The van der Waals surface area contributed by atoms with Crippen LogP contribution in [0, 0.1) is 6.92 Å². The average molecular weight is 338 g/mol. The summed E-state index contributed by atoms with van der Waals surface area (Å²) in [6, 6.07) is 1.49. The third kappa shape index (κ3) is 2.30. The van der Waals surface area contributed by atoms with Gasteiger partial charge in [-0.3, -0.25) is 4.79 Å². The minimum absolute atomic E-state index is 0.119. The molecule has 0 bridgehead atoms. The molecular formula is C20H18O5. The number of aryl methyl sites for hydroxylation is 2. The Morgan fingerprint density at radius 2 is 1.96 bits per heavy atom. The third-order valence-electron chi connectivity index (χ3n) is 4.51. The average Bonchev–Trinajstić information content (AvgIpc) is 2.57. The maximum atomic E-state index is 12.8. The maximum absolute atomic E-state index is 12.8. The van der Waals surface area contributed by atoms with E-state index < -0.39 is 5.63 Å². The Kier molecular flexibility index (Phi) is 3.53. The zero-order valence-electron chi connectivity index (χ0n) is 14.3. The summed E-state index contributed by atoms with van der Waals surface area (Å²) >= 11 is 0. The molecule has 1 unspecified atom stereocenters. The van der Waals surface area contributed by atoms with Crippen LogP contribution in [0.25, 0.3) is 28.0 Å². The number of ether oxygens (including phenoxy) is 1. The van der Waals surface area contributed by atoms with Gasteiger partial charge in [0.1, 0.15) is 17.2 Å². The van der Waals surface area contributed by atoms with Gasteiger partial charge < -0.3 is 13.6 Å². The van der Waals surface area contributed by atoms with Crippen molar-refractivity contribution in [2.24, 2.45) is 0 Å². The van der Waals surface area contributed by atoms with Gasteiger partial charge >= 0.3 is 5.63 Å². The quantitative estimate of drug-likeness (QED) is 0.522. The molecule has 0 saturated carbocycles. The second-order valence-corrected chi connectivity index (χ2v) is 6.42. The molecule has 5 nitrogen and oxygen atoms in total. The minimum atomic E-state index is -0.475. The molecule has 128 valence electrons. The van der Waals surface area contributed by atoms with E-state index >= 15 is 0 Å². The summed E-state index contributed by atoms with van der Waals surface area (Å²) in [4.78, 5) is 24.9. The highest BCUT2D eigenvalue weighted by Gasteiger charge is 2.26. The van der Waals surface area contributed by atoms with Gasteiger partial charge in [0.15, 0.2) is 16.6 Å². The molecule has 1 aliphatic rings. The lowest BCUT2D eigenvalue weighted by atomic mass is 9.96. The van der Waals surface area contributed by atoms with E-state index in [4.69, 9.17) is 13.6 Å². The Balaban J connectivity index is 2.33. The monoisotopic (exact) mass is 338 g/mol. The van der Waals surface area contributed by atoms with Crippen molar-refractivity contribution in [3.05, 3.63) is 55.7 Å². The fraction of sp³-hybridized carbons (Fsp3) is 0.300. The van der Waals surface area contributed by atoms with Crippen molar-refractivity contribution >= 4 is 28.0 Å². The summed E-state index contributed by atoms with van der Waals surface area (Å²) in [5.74, 6) is 0.608. The molecule has 0 radical (unpaired) electrons. The van der Waals surface area contributed by atoms with Crippen LogP contribution in [-0.4, -0.2) is 6.10 Å². The molecule has 25 heavy (non-hydrogen) atoms. The van der Waals surface area contributed by atoms with E-state index in [-0.39, 0.29) is 17.1 Å². The van der Waals surface area contributed by atoms with E-state index in [1.807, 2.05) is 26.0 Å². The predicted molar refractivity (Wildman–Crippen MR) is 96.4 cm³/mol. The van der Waals surface area contributed by atoms with Crippen LogP contribution in [0.1, 0.15) is 37.0 Å². The smallest absolute Gasteiger partial charge is 0.336 e. The van der Waals surface area contributed by atoms with Gasteiger partial charge in [-0.05, 0) is 38.0 Å². The maximum Gasteiger partial charge on any atom is 0.336 e. The lowest BCUT2D eigenvalue weighted by Gasteiger charge is -2.22. The first-order chi connectivity index (χ1) is 12.0. The summed E-state index contributed by atoms with van der Waals surface area (Å²) < 4.78 is 17.2. The lowest BCUT2D eigenvalue weighted by Crippen LogP contribution is -2.16. The van der Waals surface area contributed by atoms with Crippen molar-refractivity contribution in [3.8, 4) is 5.75 Å². The Labute approximate surface area is 143 Å². The molecule has 3 aromatic rings. The standard InChI is InChI=1S/C20H18O5/c1-4-5-12-8-14(21)25-20-15(12)19-13(7-6-11(3)24-19)18-16(20)17(22)10(2)9-23-18/h6-9,11H,4-5H2,1-3H3. The Morgan fingerprint density at radius 3 is 2.72 bits per heavy atom. The number of hydrogen-bond donors (Lipinski definition) is 0. The molecule has 3 heterocycles. The van der Waals surface area contributed by atoms with Crippen LogP contribution in [0.4, 0.5) is 0 Å². The summed E-state index contributed by atoms with van der Waals surface area (Å²) in [7, 11) is 0. The number of benzene rings is 1. The molecule has 0 amide bonds. The zero-order chi connectivity index (χ0) is 17.7. The van der Waals surface area contributed by atoms with Crippen LogP contribution < -0.4 is 15.8 Å². The Morgan fingerprint density at radius 1 is 1.16 bits per heavy atom. The number of rotatable bonds is 2. The van der Waals surface area contributed by atoms with Crippen LogP contribution in [0.2, 0.25) is 0 Å². The highest BCUT2D eigenvalue weighted by Crippen LogP contribution is 2.41.